The molecule has 2 aliphatic rings. The van der Waals surface area contributed by atoms with E-state index in [9.17, 15) is 23.1 Å². The van der Waals surface area contributed by atoms with Gasteiger partial charge in [-0.25, -0.2) is 0 Å². The average molecular weight is 307 g/mol. The van der Waals surface area contributed by atoms with Crippen LogP contribution in [0, 0.1) is 0 Å². The van der Waals surface area contributed by atoms with E-state index in [1.807, 2.05) is 0 Å². The molecule has 1 atom stereocenters. The second-order valence-corrected chi connectivity index (χ2v) is 4.80. The lowest BCUT2D eigenvalue weighted by Crippen LogP contribution is -2.39. The van der Waals surface area contributed by atoms with Gasteiger partial charge in [0.1, 0.15) is 11.9 Å². The number of rotatable bonds is 1. The van der Waals surface area contributed by atoms with E-state index in [0.29, 0.717) is 5.70 Å². The molecule has 0 spiro atoms. The zero-order chi connectivity index (χ0) is 16.0. The highest BCUT2D eigenvalue weighted by atomic mass is 19.4. The van der Waals surface area contributed by atoms with Gasteiger partial charge in [0.25, 0.3) is 0 Å². The van der Waals surface area contributed by atoms with Crippen LogP contribution in [0.5, 0.6) is 0 Å². The fourth-order valence-electron chi connectivity index (χ4n) is 2.32. The summed E-state index contributed by atoms with van der Waals surface area (Å²) in [5.74, 6) is 0. The maximum atomic E-state index is 12.8. The van der Waals surface area contributed by atoms with Crippen molar-refractivity contribution in [1.29, 1.82) is 0 Å². The highest BCUT2D eigenvalue weighted by Gasteiger charge is 2.45. The number of quaternary nitrogens is 1. The van der Waals surface area contributed by atoms with Gasteiger partial charge in [0.05, 0.1) is 5.56 Å². The third kappa shape index (κ3) is 2.15. The van der Waals surface area contributed by atoms with Gasteiger partial charge in [0.15, 0.2) is 5.70 Å². The number of hydrogen-bond donors (Lipinski definition) is 1. The monoisotopic (exact) mass is 307 g/mol. The Morgan fingerprint density at radius 3 is 2.64 bits per heavy atom. The first-order valence-electron chi connectivity index (χ1n) is 6.31. The van der Waals surface area contributed by atoms with Crippen LogP contribution in [0.15, 0.2) is 65.6 Å². The molecular formula is C15H10F3N2O2+. The Hall–Kier alpha value is -2.67. The van der Waals surface area contributed by atoms with Crippen molar-refractivity contribution in [3.8, 4) is 0 Å². The van der Waals surface area contributed by atoms with Crippen LogP contribution in [0.4, 0.5) is 18.0 Å². The number of alkyl halides is 3. The minimum Gasteiger partial charge on any atom is -0.433 e. The Morgan fingerprint density at radius 2 is 2.00 bits per heavy atom. The van der Waals surface area contributed by atoms with Crippen molar-refractivity contribution in [2.45, 2.75) is 6.18 Å². The van der Waals surface area contributed by atoms with Crippen molar-refractivity contribution in [2.75, 3.05) is 0 Å². The van der Waals surface area contributed by atoms with Gasteiger partial charge in [-0.1, -0.05) is 23.3 Å². The van der Waals surface area contributed by atoms with E-state index >= 15 is 0 Å². The van der Waals surface area contributed by atoms with Crippen molar-refractivity contribution in [1.82, 2.24) is 0 Å². The number of benzene rings is 1. The Labute approximate surface area is 123 Å². The summed E-state index contributed by atoms with van der Waals surface area (Å²) in [6, 6.07) is 4.66. The summed E-state index contributed by atoms with van der Waals surface area (Å²) < 4.78 is 37.5. The largest absolute Gasteiger partial charge is 0.551 e. The van der Waals surface area contributed by atoms with E-state index in [-0.39, 0.29) is 11.3 Å². The van der Waals surface area contributed by atoms with Gasteiger partial charge in [-0.3, -0.25) is 0 Å². The Balaban J connectivity index is 2.10. The maximum Gasteiger partial charge on any atom is 0.551 e. The highest BCUT2D eigenvalue weighted by Crippen LogP contribution is 2.34. The Kier molecular flexibility index (Phi) is 3.03. The van der Waals surface area contributed by atoms with Gasteiger partial charge in [-0.15, -0.1) is 0 Å². The lowest BCUT2D eigenvalue weighted by Gasteiger charge is -2.20. The van der Waals surface area contributed by atoms with E-state index < -0.39 is 22.4 Å². The lowest BCUT2D eigenvalue weighted by atomic mass is 10.1. The van der Waals surface area contributed by atoms with Crippen molar-refractivity contribution < 1.29 is 27.7 Å². The molecule has 22 heavy (non-hydrogen) atoms. The number of hydrogen-bond acceptors (Lipinski definition) is 2. The van der Waals surface area contributed by atoms with Crippen LogP contribution in [-0.4, -0.2) is 21.5 Å². The zero-order valence-electron chi connectivity index (χ0n) is 11.1. The van der Waals surface area contributed by atoms with Crippen LogP contribution < -0.4 is 0 Å². The minimum atomic E-state index is -4.46. The van der Waals surface area contributed by atoms with Crippen molar-refractivity contribution in [3.63, 3.8) is 0 Å². The van der Waals surface area contributed by atoms with E-state index in [4.69, 9.17) is 0 Å². The topological polar surface area (TPSA) is 49.7 Å². The van der Waals surface area contributed by atoms with Gasteiger partial charge in [0.2, 0.25) is 0 Å². The number of carbonyl (C=O) groups is 1. The van der Waals surface area contributed by atoms with Crippen LogP contribution in [0.3, 0.4) is 0 Å². The number of allylic oxidation sites excluding steroid dienone is 4. The quantitative estimate of drug-likeness (QED) is 0.800. The first-order chi connectivity index (χ1) is 10.3. The molecule has 0 bridgehead atoms. The summed E-state index contributed by atoms with van der Waals surface area (Å²) in [5.41, 5.74) is -0.0247. The maximum absolute atomic E-state index is 12.8. The molecule has 0 aromatic heterocycles. The molecule has 0 saturated carbocycles. The molecule has 1 unspecified atom stereocenters. The third-order valence-corrected chi connectivity index (χ3v) is 3.40. The fourth-order valence-corrected chi connectivity index (χ4v) is 2.32. The molecule has 0 aliphatic carbocycles. The molecule has 7 heteroatoms. The van der Waals surface area contributed by atoms with Crippen molar-refractivity contribution in [3.05, 3.63) is 71.6 Å². The lowest BCUT2D eigenvalue weighted by molar-refractivity contribution is -0.766. The molecule has 0 fully saturated rings. The predicted molar refractivity (Wildman–Crippen MR) is 72.6 cm³/mol. The van der Waals surface area contributed by atoms with Gasteiger partial charge in [-0.2, -0.15) is 18.0 Å². The molecule has 0 radical (unpaired) electrons. The molecule has 2 heterocycles. The summed E-state index contributed by atoms with van der Waals surface area (Å²) in [5, 5.41) is 13.5. The standard InChI is InChI=1S/C15H9F3N2O2/c16-15(17,18)11-5-3-4-10(8-11)13-9-12-6-1-2-7-20(12,19-13)14(21)22/h1-9H/p+1. The molecule has 4 nitrogen and oxygen atoms in total. The van der Waals surface area contributed by atoms with Gasteiger partial charge < -0.3 is 5.11 Å². The van der Waals surface area contributed by atoms with Crippen LogP contribution in [0.1, 0.15) is 11.1 Å². The van der Waals surface area contributed by atoms with Crippen molar-refractivity contribution in [2.24, 2.45) is 5.10 Å². The van der Waals surface area contributed by atoms with Crippen LogP contribution in [0.25, 0.3) is 0 Å². The zero-order valence-corrected chi connectivity index (χ0v) is 11.1. The predicted octanol–water partition coefficient (Wildman–Crippen LogP) is 3.89. The summed E-state index contributed by atoms with van der Waals surface area (Å²) in [6.45, 7) is 0. The van der Waals surface area contributed by atoms with Gasteiger partial charge >= 0.3 is 12.3 Å². The smallest absolute Gasteiger partial charge is 0.433 e. The van der Waals surface area contributed by atoms with Gasteiger partial charge in [0, 0.05) is 17.7 Å². The molecule has 1 amide bonds. The molecule has 1 aromatic carbocycles. The van der Waals surface area contributed by atoms with E-state index in [0.717, 1.165) is 12.1 Å². The van der Waals surface area contributed by atoms with E-state index in [2.05, 4.69) is 5.10 Å². The first-order valence-corrected chi connectivity index (χ1v) is 6.31. The Bertz CT molecular complexity index is 775. The average Bonchev–Trinajstić information content (AvgIpc) is 2.87. The summed E-state index contributed by atoms with van der Waals surface area (Å²) in [6.07, 6.45) is 1.89. The van der Waals surface area contributed by atoms with Crippen LogP contribution in [-0.2, 0) is 6.18 Å². The minimum absolute atomic E-state index is 0.194. The van der Waals surface area contributed by atoms with E-state index in [1.54, 1.807) is 12.2 Å². The third-order valence-electron chi connectivity index (χ3n) is 3.40. The summed E-state index contributed by atoms with van der Waals surface area (Å²) in [7, 11) is 0. The SMILES string of the molecule is O=C(O)[N+]12C=CC=CC1=CC(c1cccc(C(F)(F)F)c1)=N2. The molecule has 3 rings (SSSR count). The first kappa shape index (κ1) is 14.3. The molecule has 112 valence electrons. The van der Waals surface area contributed by atoms with Crippen molar-refractivity contribution >= 4 is 11.8 Å². The summed E-state index contributed by atoms with van der Waals surface area (Å²) in [4.78, 5) is 11.5. The number of nitrogens with zero attached hydrogens (tertiary/aromatic N) is 2. The molecule has 2 aliphatic heterocycles. The van der Waals surface area contributed by atoms with E-state index in [1.165, 1.54) is 30.5 Å². The Morgan fingerprint density at radius 1 is 1.23 bits per heavy atom. The number of amides is 1. The normalized spacial score (nSPS) is 23.0. The summed E-state index contributed by atoms with van der Waals surface area (Å²) >= 11 is 0. The second-order valence-electron chi connectivity index (χ2n) is 4.80. The van der Waals surface area contributed by atoms with Crippen LogP contribution in [0.2, 0.25) is 0 Å². The van der Waals surface area contributed by atoms with Crippen LogP contribution >= 0.6 is 0 Å². The van der Waals surface area contributed by atoms with Gasteiger partial charge in [-0.05, 0) is 22.8 Å². The fraction of sp³-hybridized carbons (Fsp3) is 0.0667. The number of halogens is 3. The molecular weight excluding hydrogens is 297 g/mol. The molecule has 1 N–H and O–H groups in total. The molecule has 1 aromatic rings. The second kappa shape index (κ2) is 4.67. The number of carboxylic acid groups (broad SMARTS) is 1. The molecule has 0 saturated heterocycles. The number of fused-ring (bicyclic) bond motifs is 1. The highest BCUT2D eigenvalue weighted by molar-refractivity contribution is 6.10.